The van der Waals surface area contributed by atoms with Crippen molar-refractivity contribution in [3.05, 3.63) is 59.7 Å². The summed E-state index contributed by atoms with van der Waals surface area (Å²) in [5.41, 5.74) is 1.59. The predicted molar refractivity (Wildman–Crippen MR) is 84.9 cm³/mol. The van der Waals surface area contributed by atoms with Gasteiger partial charge in [0.25, 0.3) is 0 Å². The molecule has 0 aromatic heterocycles. The second-order valence-electron chi connectivity index (χ2n) is 5.83. The normalized spacial score (nSPS) is 19.6. The molecule has 0 radical (unpaired) electrons. The molecule has 4 nitrogen and oxygen atoms in total. The predicted octanol–water partition coefficient (Wildman–Crippen LogP) is 2.59. The molecule has 0 aliphatic carbocycles. The van der Waals surface area contributed by atoms with Gasteiger partial charge in [0.15, 0.2) is 0 Å². The summed E-state index contributed by atoms with van der Waals surface area (Å²) in [5.74, 6) is 0.671. The summed E-state index contributed by atoms with van der Waals surface area (Å²) in [5, 5.41) is 19.0. The van der Waals surface area contributed by atoms with Crippen LogP contribution in [0, 0.1) is 0 Å². The lowest BCUT2D eigenvalue weighted by Crippen LogP contribution is -2.38. The Hall–Kier alpha value is -2.01. The maximum absolute atomic E-state index is 11.8. The Morgan fingerprint density at radius 3 is 1.45 bits per heavy atom. The van der Waals surface area contributed by atoms with E-state index in [-0.39, 0.29) is 23.0 Å². The zero-order valence-corrected chi connectivity index (χ0v) is 12.9. The molecule has 2 aromatic rings. The quantitative estimate of drug-likeness (QED) is 0.892. The molecule has 0 spiro atoms. The van der Waals surface area contributed by atoms with E-state index in [2.05, 4.69) is 0 Å². The van der Waals surface area contributed by atoms with E-state index in [1.165, 1.54) is 0 Å². The Labute approximate surface area is 130 Å². The third-order valence-corrected chi connectivity index (χ3v) is 6.17. The molecule has 1 fully saturated rings. The first-order valence-corrected chi connectivity index (χ1v) is 9.03. The summed E-state index contributed by atoms with van der Waals surface area (Å²) in [6.07, 6.45) is 1.01. The average Bonchev–Trinajstić information content (AvgIpc) is 2.50. The van der Waals surface area contributed by atoms with E-state index >= 15 is 0 Å². The first kappa shape index (κ1) is 14.9. The molecule has 1 saturated heterocycles. The fourth-order valence-electron chi connectivity index (χ4n) is 3.19. The van der Waals surface area contributed by atoms with Crippen molar-refractivity contribution in [2.24, 2.45) is 0 Å². The second kappa shape index (κ2) is 5.32. The van der Waals surface area contributed by atoms with Gasteiger partial charge < -0.3 is 10.2 Å². The van der Waals surface area contributed by atoms with Crippen LogP contribution >= 0.6 is 0 Å². The Kier molecular flexibility index (Phi) is 3.60. The highest BCUT2D eigenvalue weighted by Crippen LogP contribution is 2.43. The lowest BCUT2D eigenvalue weighted by Gasteiger charge is -2.38. The van der Waals surface area contributed by atoms with Crippen molar-refractivity contribution in [2.75, 3.05) is 11.5 Å². The topological polar surface area (TPSA) is 74.6 Å². The van der Waals surface area contributed by atoms with E-state index in [0.717, 1.165) is 11.1 Å². The number of hydrogen-bond donors (Lipinski definition) is 2. The molecule has 0 amide bonds. The van der Waals surface area contributed by atoms with Crippen molar-refractivity contribution in [1.29, 1.82) is 0 Å². The van der Waals surface area contributed by atoms with Gasteiger partial charge in [-0.25, -0.2) is 8.42 Å². The van der Waals surface area contributed by atoms with Gasteiger partial charge in [-0.3, -0.25) is 0 Å². The van der Waals surface area contributed by atoms with E-state index in [9.17, 15) is 18.6 Å². The molecule has 2 aromatic carbocycles. The summed E-state index contributed by atoms with van der Waals surface area (Å²) >= 11 is 0. The molecule has 0 unspecified atom stereocenters. The molecular weight excluding hydrogens is 300 g/mol. The van der Waals surface area contributed by atoms with Crippen molar-refractivity contribution >= 4 is 9.84 Å². The fraction of sp³-hybridized carbons (Fsp3) is 0.294. The summed E-state index contributed by atoms with van der Waals surface area (Å²) < 4.78 is 23.7. The van der Waals surface area contributed by atoms with Crippen LogP contribution in [-0.4, -0.2) is 30.1 Å². The molecule has 116 valence electrons. The Bertz CT molecular complexity index is 700. The zero-order chi connectivity index (χ0) is 15.8. The van der Waals surface area contributed by atoms with Crippen LogP contribution in [0.3, 0.4) is 0 Å². The van der Waals surface area contributed by atoms with Crippen LogP contribution in [0.25, 0.3) is 0 Å². The van der Waals surface area contributed by atoms with Crippen molar-refractivity contribution in [3.8, 4) is 11.5 Å². The van der Waals surface area contributed by atoms with Gasteiger partial charge in [0.1, 0.15) is 21.3 Å². The van der Waals surface area contributed by atoms with Crippen LogP contribution in [0.15, 0.2) is 48.5 Å². The first-order chi connectivity index (χ1) is 10.4. The van der Waals surface area contributed by atoms with Gasteiger partial charge in [-0.2, -0.15) is 0 Å². The average molecular weight is 318 g/mol. The molecule has 1 heterocycles. The largest absolute Gasteiger partial charge is 0.508 e. The lowest BCUT2D eigenvalue weighted by atomic mass is 9.70. The maximum Gasteiger partial charge on any atom is 0.150 e. The van der Waals surface area contributed by atoms with Gasteiger partial charge in [-0.05, 0) is 48.2 Å². The minimum absolute atomic E-state index is 0.148. The van der Waals surface area contributed by atoms with Gasteiger partial charge in [0.05, 0.1) is 11.5 Å². The van der Waals surface area contributed by atoms with E-state index in [0.29, 0.717) is 12.8 Å². The Balaban J connectivity index is 2.10. The summed E-state index contributed by atoms with van der Waals surface area (Å²) in [4.78, 5) is 0. The first-order valence-electron chi connectivity index (χ1n) is 7.21. The fourth-order valence-corrected chi connectivity index (χ4v) is 4.71. The number of aromatic hydroxyl groups is 2. The van der Waals surface area contributed by atoms with Crippen molar-refractivity contribution in [2.45, 2.75) is 18.3 Å². The van der Waals surface area contributed by atoms with Gasteiger partial charge in [-0.1, -0.05) is 24.3 Å². The molecule has 3 rings (SSSR count). The summed E-state index contributed by atoms with van der Waals surface area (Å²) in [6.45, 7) is 0. The smallest absolute Gasteiger partial charge is 0.150 e. The highest BCUT2D eigenvalue weighted by Gasteiger charge is 2.40. The Morgan fingerprint density at radius 1 is 0.727 bits per heavy atom. The van der Waals surface area contributed by atoms with Crippen LogP contribution < -0.4 is 0 Å². The van der Waals surface area contributed by atoms with Crippen LogP contribution in [-0.2, 0) is 15.3 Å². The number of hydrogen-bond acceptors (Lipinski definition) is 4. The molecule has 22 heavy (non-hydrogen) atoms. The third kappa shape index (κ3) is 2.68. The number of phenols is 2. The Morgan fingerprint density at radius 2 is 1.09 bits per heavy atom. The van der Waals surface area contributed by atoms with Gasteiger partial charge in [0, 0.05) is 5.41 Å². The standard InChI is InChI=1S/C17H18O4S/c18-15-5-1-13(2-6-15)17(9-11-22(20,21)12-10-17)14-3-7-16(19)8-4-14/h1-8,18-19H,9-12H2. The van der Waals surface area contributed by atoms with Crippen LogP contribution in [0.4, 0.5) is 0 Å². The van der Waals surface area contributed by atoms with Gasteiger partial charge >= 0.3 is 0 Å². The van der Waals surface area contributed by atoms with Gasteiger partial charge in [0.2, 0.25) is 0 Å². The number of rotatable bonds is 2. The highest BCUT2D eigenvalue weighted by atomic mass is 32.2. The summed E-state index contributed by atoms with van der Waals surface area (Å²) in [6, 6.07) is 13.9. The lowest BCUT2D eigenvalue weighted by molar-refractivity contribution is 0.445. The molecule has 1 aliphatic heterocycles. The molecular formula is C17H18O4S. The zero-order valence-electron chi connectivity index (χ0n) is 12.1. The van der Waals surface area contributed by atoms with Gasteiger partial charge in [-0.15, -0.1) is 0 Å². The van der Waals surface area contributed by atoms with Crippen LogP contribution in [0.2, 0.25) is 0 Å². The van der Waals surface area contributed by atoms with E-state index in [1.807, 2.05) is 24.3 Å². The van der Waals surface area contributed by atoms with Crippen LogP contribution in [0.5, 0.6) is 11.5 Å². The van der Waals surface area contributed by atoms with Crippen LogP contribution in [0.1, 0.15) is 24.0 Å². The highest BCUT2D eigenvalue weighted by molar-refractivity contribution is 7.91. The molecule has 0 saturated carbocycles. The van der Waals surface area contributed by atoms with Crippen molar-refractivity contribution < 1.29 is 18.6 Å². The second-order valence-corrected chi connectivity index (χ2v) is 8.13. The SMILES string of the molecule is O=S1(=O)CCC(c2ccc(O)cc2)(c2ccc(O)cc2)CC1. The number of sulfone groups is 1. The molecule has 2 N–H and O–H groups in total. The minimum Gasteiger partial charge on any atom is -0.508 e. The molecule has 0 bridgehead atoms. The maximum atomic E-state index is 11.8. The number of benzene rings is 2. The summed E-state index contributed by atoms with van der Waals surface area (Å²) in [7, 11) is -2.98. The van der Waals surface area contributed by atoms with Crippen molar-refractivity contribution in [1.82, 2.24) is 0 Å². The third-order valence-electron chi connectivity index (χ3n) is 4.52. The molecule has 0 atom stereocenters. The van der Waals surface area contributed by atoms with E-state index in [1.54, 1.807) is 24.3 Å². The van der Waals surface area contributed by atoms with E-state index in [4.69, 9.17) is 0 Å². The molecule has 5 heteroatoms. The van der Waals surface area contributed by atoms with E-state index < -0.39 is 15.3 Å². The van der Waals surface area contributed by atoms with Crippen molar-refractivity contribution in [3.63, 3.8) is 0 Å². The number of phenolic OH excluding ortho intramolecular Hbond substituents is 2. The molecule has 1 aliphatic rings. The monoisotopic (exact) mass is 318 g/mol. The minimum atomic E-state index is -2.98.